The van der Waals surface area contributed by atoms with Gasteiger partial charge in [0.1, 0.15) is 10.6 Å². The fourth-order valence-electron chi connectivity index (χ4n) is 5.50. The second-order valence-electron chi connectivity index (χ2n) is 10.5. The zero-order chi connectivity index (χ0) is 28.3. The van der Waals surface area contributed by atoms with Gasteiger partial charge in [-0.1, -0.05) is 36.4 Å². The summed E-state index contributed by atoms with van der Waals surface area (Å²) in [5.74, 6) is -1.12. The third kappa shape index (κ3) is 6.54. The van der Waals surface area contributed by atoms with E-state index in [1.54, 1.807) is 0 Å². The average Bonchev–Trinajstić information content (AvgIpc) is 3.63. The van der Waals surface area contributed by atoms with Gasteiger partial charge in [-0.25, -0.2) is 4.98 Å². The van der Waals surface area contributed by atoms with E-state index in [4.69, 9.17) is 0 Å². The van der Waals surface area contributed by atoms with Crippen molar-refractivity contribution in [3.05, 3.63) is 76.9 Å². The molecule has 0 spiro atoms. The number of hydrogen-bond acceptors (Lipinski definition) is 6. The number of hydrogen-bond donors (Lipinski definition) is 3. The van der Waals surface area contributed by atoms with Gasteiger partial charge in [-0.15, -0.1) is 11.3 Å². The van der Waals surface area contributed by atoms with Crippen LogP contribution >= 0.6 is 11.3 Å². The highest BCUT2D eigenvalue weighted by Gasteiger charge is 2.40. The lowest BCUT2D eigenvalue weighted by Crippen LogP contribution is -2.45. The minimum Gasteiger partial charge on any atom is -0.383 e. The van der Waals surface area contributed by atoms with Crippen molar-refractivity contribution in [1.82, 2.24) is 20.5 Å². The van der Waals surface area contributed by atoms with Gasteiger partial charge in [0.05, 0.1) is 17.0 Å². The Hall–Kier alpha value is -3.28. The van der Waals surface area contributed by atoms with E-state index in [0.717, 1.165) is 59.5 Å². The summed E-state index contributed by atoms with van der Waals surface area (Å²) in [5.41, 5.74) is -0.912. The Morgan fingerprint density at radius 3 is 2.55 bits per heavy atom. The van der Waals surface area contributed by atoms with Crippen LogP contribution in [0, 0.1) is 0 Å². The number of thiazole rings is 1. The van der Waals surface area contributed by atoms with Gasteiger partial charge < -0.3 is 15.7 Å². The molecule has 1 aliphatic heterocycles. The summed E-state index contributed by atoms with van der Waals surface area (Å²) in [6, 6.07) is 14.3. The van der Waals surface area contributed by atoms with E-state index in [-0.39, 0.29) is 24.1 Å². The largest absolute Gasteiger partial charge is 0.416 e. The van der Waals surface area contributed by atoms with E-state index in [2.05, 4.69) is 20.5 Å². The zero-order valence-electron chi connectivity index (χ0n) is 21.8. The molecule has 3 aromatic rings. The molecule has 0 radical (unpaired) electrons. The van der Waals surface area contributed by atoms with E-state index in [1.807, 2.05) is 36.5 Å². The quantitative estimate of drug-likeness (QED) is 0.386. The van der Waals surface area contributed by atoms with E-state index >= 15 is 0 Å². The van der Waals surface area contributed by atoms with Crippen LogP contribution in [0.3, 0.4) is 0 Å². The molecule has 2 aromatic carbocycles. The summed E-state index contributed by atoms with van der Waals surface area (Å²) in [4.78, 5) is 32.6. The maximum Gasteiger partial charge on any atom is 0.416 e. The molecular weight excluding hydrogens is 541 g/mol. The fraction of sp³-hybridized carbons (Fsp3) is 0.414. The molecule has 1 saturated heterocycles. The van der Waals surface area contributed by atoms with Crippen molar-refractivity contribution < 1.29 is 27.9 Å². The Labute approximate surface area is 234 Å². The van der Waals surface area contributed by atoms with Crippen LogP contribution in [0.1, 0.15) is 53.0 Å². The van der Waals surface area contributed by atoms with Crippen molar-refractivity contribution >= 4 is 23.2 Å². The standard InChI is InChI=1S/C29H31F3N4O3S/c30-29(31,32)21-8-4-7-20(15-21)26(38)33-17-25(37)35-22-11-14-36(18-22)23-9-12-28(39,13-10-23)27-34-16-24(40-27)19-5-2-1-3-6-19/h1-8,15-16,22-23,39H,9-14,17-18H2,(H,33,38)(H,35,37)/t22-,23?,28?/m1/s1. The van der Waals surface area contributed by atoms with Crippen molar-refractivity contribution in [2.24, 2.45) is 0 Å². The molecule has 40 heavy (non-hydrogen) atoms. The summed E-state index contributed by atoms with van der Waals surface area (Å²) in [6.45, 7) is 1.17. The number of amides is 2. The van der Waals surface area contributed by atoms with E-state index in [9.17, 15) is 27.9 Å². The number of rotatable bonds is 7. The Balaban J connectivity index is 1.07. The van der Waals surface area contributed by atoms with Crippen molar-refractivity contribution in [3.63, 3.8) is 0 Å². The Morgan fingerprint density at radius 2 is 1.82 bits per heavy atom. The number of aliphatic hydroxyl groups is 1. The lowest BCUT2D eigenvalue weighted by Gasteiger charge is -2.38. The molecule has 0 bridgehead atoms. The number of nitrogens with one attached hydrogen (secondary N) is 2. The van der Waals surface area contributed by atoms with Crippen molar-refractivity contribution in [2.75, 3.05) is 19.6 Å². The van der Waals surface area contributed by atoms with Gasteiger partial charge in [-0.2, -0.15) is 13.2 Å². The predicted molar refractivity (Wildman–Crippen MR) is 146 cm³/mol. The van der Waals surface area contributed by atoms with Gasteiger partial charge in [-0.3, -0.25) is 14.5 Å². The average molecular weight is 573 g/mol. The minimum atomic E-state index is -4.55. The van der Waals surface area contributed by atoms with Crippen LogP contribution in [0.15, 0.2) is 60.8 Å². The van der Waals surface area contributed by atoms with Gasteiger partial charge in [0, 0.05) is 36.9 Å². The molecule has 1 aromatic heterocycles. The summed E-state index contributed by atoms with van der Waals surface area (Å²) in [6.07, 6.45) is 0.930. The predicted octanol–water partition coefficient (Wildman–Crippen LogP) is 4.58. The van der Waals surface area contributed by atoms with E-state index in [0.29, 0.717) is 25.4 Å². The highest BCUT2D eigenvalue weighted by atomic mass is 32.1. The molecule has 212 valence electrons. The highest BCUT2D eigenvalue weighted by molar-refractivity contribution is 7.15. The van der Waals surface area contributed by atoms with Crippen LogP contribution in [0.2, 0.25) is 0 Å². The molecule has 11 heteroatoms. The third-order valence-corrected chi connectivity index (χ3v) is 8.95. The smallest absolute Gasteiger partial charge is 0.383 e. The van der Waals surface area contributed by atoms with Crippen LogP contribution in [0.25, 0.3) is 10.4 Å². The van der Waals surface area contributed by atoms with Gasteiger partial charge in [0.2, 0.25) is 5.91 Å². The summed E-state index contributed by atoms with van der Waals surface area (Å²) in [7, 11) is 0. The first-order valence-electron chi connectivity index (χ1n) is 13.3. The number of carbonyl (C=O) groups excluding carboxylic acids is 2. The molecule has 2 amide bonds. The maximum absolute atomic E-state index is 12.9. The fourth-order valence-corrected chi connectivity index (χ4v) is 6.57. The number of carbonyl (C=O) groups is 2. The maximum atomic E-state index is 12.9. The summed E-state index contributed by atoms with van der Waals surface area (Å²) >= 11 is 1.54. The van der Waals surface area contributed by atoms with Crippen LogP contribution in [0.5, 0.6) is 0 Å². The summed E-state index contributed by atoms with van der Waals surface area (Å²) in [5, 5.41) is 17.4. The van der Waals surface area contributed by atoms with Crippen LogP contribution < -0.4 is 10.6 Å². The Bertz CT molecular complexity index is 1340. The minimum absolute atomic E-state index is 0.0776. The first kappa shape index (κ1) is 28.3. The number of likely N-dealkylation sites (tertiary alicyclic amines) is 1. The van der Waals surface area contributed by atoms with Crippen LogP contribution in [-0.4, -0.2) is 58.5 Å². The zero-order valence-corrected chi connectivity index (χ0v) is 22.6. The molecule has 1 aliphatic carbocycles. The topological polar surface area (TPSA) is 94.6 Å². The number of benzene rings is 2. The van der Waals surface area contributed by atoms with Crippen molar-refractivity contribution in [3.8, 4) is 10.4 Å². The number of halogens is 3. The van der Waals surface area contributed by atoms with Gasteiger partial charge in [-0.05, 0) is 55.9 Å². The van der Waals surface area contributed by atoms with Crippen molar-refractivity contribution in [1.29, 1.82) is 0 Å². The molecule has 1 saturated carbocycles. The molecule has 0 unspecified atom stereocenters. The highest BCUT2D eigenvalue weighted by Crippen LogP contribution is 2.42. The number of nitrogens with zero attached hydrogens (tertiary/aromatic N) is 2. The van der Waals surface area contributed by atoms with E-state index < -0.39 is 23.2 Å². The first-order chi connectivity index (χ1) is 19.1. The lowest BCUT2D eigenvalue weighted by molar-refractivity contribution is -0.137. The van der Waals surface area contributed by atoms with Gasteiger partial charge in [0.15, 0.2) is 0 Å². The van der Waals surface area contributed by atoms with Crippen LogP contribution in [-0.2, 0) is 16.6 Å². The Kier molecular flexibility index (Phi) is 8.25. The first-order valence-corrected chi connectivity index (χ1v) is 14.2. The normalized spacial score (nSPS) is 23.6. The van der Waals surface area contributed by atoms with Crippen LogP contribution in [0.4, 0.5) is 13.2 Å². The molecule has 3 N–H and O–H groups in total. The van der Waals surface area contributed by atoms with Crippen molar-refractivity contribution in [2.45, 2.75) is 56.0 Å². The molecule has 2 aliphatic rings. The SMILES string of the molecule is O=C(CNC(=O)c1cccc(C(F)(F)F)c1)N[C@@H]1CCN(C2CCC(O)(c3ncc(-c4ccccc4)s3)CC2)C1. The third-order valence-electron chi connectivity index (χ3n) is 7.71. The van der Waals surface area contributed by atoms with Gasteiger partial charge in [0.25, 0.3) is 5.91 Å². The molecular formula is C29H31F3N4O3S. The molecule has 7 nitrogen and oxygen atoms in total. The molecule has 1 atom stereocenters. The molecule has 2 fully saturated rings. The Morgan fingerprint density at radius 1 is 1.07 bits per heavy atom. The van der Waals surface area contributed by atoms with E-state index in [1.165, 1.54) is 17.4 Å². The number of alkyl halides is 3. The second kappa shape index (κ2) is 11.7. The second-order valence-corrected chi connectivity index (χ2v) is 11.5. The lowest BCUT2D eigenvalue weighted by atomic mass is 9.82. The summed E-state index contributed by atoms with van der Waals surface area (Å²) < 4.78 is 38.7. The van der Waals surface area contributed by atoms with Gasteiger partial charge >= 0.3 is 6.18 Å². The monoisotopic (exact) mass is 572 g/mol. The number of aromatic nitrogens is 1. The molecule has 5 rings (SSSR count). The molecule has 2 heterocycles.